The third-order valence-corrected chi connectivity index (χ3v) is 7.80. The highest BCUT2D eigenvalue weighted by Crippen LogP contribution is 2.35. The Bertz CT molecular complexity index is 567. The molecule has 8 heteroatoms. The number of aliphatic imine (C=N–C) groups is 1. The van der Waals surface area contributed by atoms with Crippen LogP contribution >= 0.6 is 24.0 Å². The highest BCUT2D eigenvalue weighted by Gasteiger charge is 2.38. The van der Waals surface area contributed by atoms with Crippen molar-refractivity contribution in [1.29, 1.82) is 0 Å². The Kier molecular flexibility index (Phi) is 12.6. The Morgan fingerprint density at radius 1 is 0.969 bits per heavy atom. The number of unbranched alkanes of at least 4 members (excludes halogenated alkanes) is 1. The molecule has 186 valence electrons. The highest BCUT2D eigenvalue weighted by atomic mass is 127. The van der Waals surface area contributed by atoms with E-state index < -0.39 is 0 Å². The number of guanidine groups is 1. The molecule has 7 nitrogen and oxygen atoms in total. The fourth-order valence-electron chi connectivity index (χ4n) is 5.76. The third-order valence-electron chi connectivity index (χ3n) is 7.80. The molecule has 0 aromatic rings. The van der Waals surface area contributed by atoms with Crippen LogP contribution in [-0.2, 0) is 4.79 Å². The normalized spacial score (nSPS) is 23.3. The van der Waals surface area contributed by atoms with Crippen LogP contribution in [0.4, 0.5) is 0 Å². The van der Waals surface area contributed by atoms with Crippen LogP contribution in [0.25, 0.3) is 0 Å². The van der Waals surface area contributed by atoms with Crippen LogP contribution in [0.3, 0.4) is 0 Å². The summed E-state index contributed by atoms with van der Waals surface area (Å²) in [6.45, 7) is 7.62. The maximum atomic E-state index is 11.3. The number of rotatable bonds is 9. The van der Waals surface area contributed by atoms with Gasteiger partial charge >= 0.3 is 0 Å². The second kappa shape index (κ2) is 14.6. The van der Waals surface area contributed by atoms with Crippen LogP contribution in [-0.4, -0.2) is 80.1 Å². The molecule has 0 spiro atoms. The van der Waals surface area contributed by atoms with Gasteiger partial charge in [0.1, 0.15) is 0 Å². The van der Waals surface area contributed by atoms with Gasteiger partial charge in [0, 0.05) is 31.6 Å². The molecule has 0 atom stereocenters. The summed E-state index contributed by atoms with van der Waals surface area (Å²) in [5.74, 6) is 0.909. The van der Waals surface area contributed by atoms with Crippen molar-refractivity contribution in [1.82, 2.24) is 20.4 Å². The van der Waals surface area contributed by atoms with Crippen LogP contribution < -0.4 is 16.4 Å². The van der Waals surface area contributed by atoms with Crippen LogP contribution in [0.2, 0.25) is 0 Å². The Hall–Kier alpha value is -0.610. The molecular weight excluding hydrogens is 515 g/mol. The molecule has 1 amide bonds. The van der Waals surface area contributed by atoms with E-state index in [2.05, 4.69) is 25.4 Å². The van der Waals surface area contributed by atoms with E-state index in [1.54, 1.807) is 0 Å². The maximum Gasteiger partial charge on any atom is 0.220 e. The van der Waals surface area contributed by atoms with E-state index in [1.807, 2.05) is 7.05 Å². The predicted molar refractivity (Wildman–Crippen MR) is 144 cm³/mol. The molecule has 0 unspecified atom stereocenters. The zero-order valence-electron chi connectivity index (χ0n) is 20.2. The molecule has 0 radical (unpaired) electrons. The van der Waals surface area contributed by atoms with E-state index >= 15 is 0 Å². The van der Waals surface area contributed by atoms with Gasteiger partial charge in [-0.05, 0) is 84.1 Å². The van der Waals surface area contributed by atoms with Crippen molar-refractivity contribution >= 4 is 35.8 Å². The number of carbonyl (C=O) groups is 1. The molecule has 1 aliphatic carbocycles. The first kappa shape index (κ1) is 27.6. The summed E-state index contributed by atoms with van der Waals surface area (Å²) in [6.07, 6.45) is 15.0. The molecule has 4 N–H and O–H groups in total. The largest absolute Gasteiger partial charge is 0.369 e. The second-order valence-electron chi connectivity index (χ2n) is 9.91. The smallest absolute Gasteiger partial charge is 0.220 e. The molecule has 3 fully saturated rings. The highest BCUT2D eigenvalue weighted by molar-refractivity contribution is 14.0. The van der Waals surface area contributed by atoms with E-state index in [0.717, 1.165) is 57.9 Å². The fraction of sp³-hybridized carbons (Fsp3) is 0.917. The average Bonchev–Trinajstić information content (AvgIpc) is 2.82. The lowest BCUT2D eigenvalue weighted by Gasteiger charge is -2.48. The minimum atomic E-state index is -0.127. The van der Waals surface area contributed by atoms with Gasteiger partial charge in [0.2, 0.25) is 5.91 Å². The van der Waals surface area contributed by atoms with Crippen LogP contribution in [0.15, 0.2) is 4.99 Å². The summed E-state index contributed by atoms with van der Waals surface area (Å²) < 4.78 is 0. The number of halogens is 1. The van der Waals surface area contributed by atoms with E-state index in [9.17, 15) is 4.79 Å². The summed E-state index contributed by atoms with van der Waals surface area (Å²) in [5, 5.41) is 7.21. The van der Waals surface area contributed by atoms with Gasteiger partial charge in [-0.25, -0.2) is 0 Å². The molecule has 2 heterocycles. The Morgan fingerprint density at radius 3 is 2.25 bits per heavy atom. The van der Waals surface area contributed by atoms with E-state index in [4.69, 9.17) is 5.73 Å². The Labute approximate surface area is 212 Å². The quantitative estimate of drug-likeness (QED) is 0.174. The molecule has 1 saturated carbocycles. The predicted octanol–water partition coefficient (Wildman–Crippen LogP) is 2.94. The number of amides is 1. The number of nitrogens with two attached hydrogens (primary N) is 1. The summed E-state index contributed by atoms with van der Waals surface area (Å²) in [6, 6.07) is 0. The summed E-state index contributed by atoms with van der Waals surface area (Å²) in [5.41, 5.74) is 5.76. The van der Waals surface area contributed by atoms with Crippen LogP contribution in [0, 0.1) is 5.92 Å². The number of likely N-dealkylation sites (tertiary alicyclic amines) is 2. The summed E-state index contributed by atoms with van der Waals surface area (Å²) in [4.78, 5) is 21.0. The van der Waals surface area contributed by atoms with Crippen molar-refractivity contribution in [3.63, 3.8) is 0 Å². The number of primary amides is 1. The van der Waals surface area contributed by atoms with E-state index in [0.29, 0.717) is 5.54 Å². The average molecular weight is 563 g/mol. The van der Waals surface area contributed by atoms with Gasteiger partial charge in [0.05, 0.1) is 0 Å². The van der Waals surface area contributed by atoms with Gasteiger partial charge in [0.15, 0.2) is 5.96 Å². The van der Waals surface area contributed by atoms with Gasteiger partial charge < -0.3 is 21.3 Å². The van der Waals surface area contributed by atoms with E-state index in [-0.39, 0.29) is 35.8 Å². The number of nitrogens with one attached hydrogen (secondary N) is 2. The first-order valence-corrected chi connectivity index (χ1v) is 12.8. The number of carbonyl (C=O) groups excluding carboxylic acids is 1. The van der Waals surface area contributed by atoms with Crippen LogP contribution in [0.1, 0.15) is 77.0 Å². The monoisotopic (exact) mass is 562 g/mol. The van der Waals surface area contributed by atoms with Crippen LogP contribution in [0.5, 0.6) is 0 Å². The summed E-state index contributed by atoms with van der Waals surface area (Å²) >= 11 is 0. The lowest BCUT2D eigenvalue weighted by molar-refractivity contribution is -0.123. The van der Waals surface area contributed by atoms with Gasteiger partial charge in [-0.1, -0.05) is 25.7 Å². The zero-order valence-corrected chi connectivity index (χ0v) is 22.6. The molecule has 0 aromatic heterocycles. The number of piperidine rings is 2. The van der Waals surface area contributed by atoms with Crippen molar-refractivity contribution in [2.24, 2.45) is 16.6 Å². The first-order chi connectivity index (χ1) is 15.1. The van der Waals surface area contributed by atoms with Crippen molar-refractivity contribution < 1.29 is 4.79 Å². The number of hydrogen-bond donors (Lipinski definition) is 3. The lowest BCUT2D eigenvalue weighted by Crippen LogP contribution is -2.59. The standard InChI is InChI=1S/C24H46N6O.HI/c1-26-23(27-14-6-9-15-29-18-10-21(11-19-29)22(25)31)28-20-24(12-4-2-5-13-24)30-16-7-3-8-17-30;/h21H,2-20H2,1H3,(H2,25,31)(H2,26,27,28);1H. The molecule has 3 aliphatic rings. The Morgan fingerprint density at radius 2 is 1.62 bits per heavy atom. The maximum absolute atomic E-state index is 11.3. The molecule has 3 rings (SSSR count). The van der Waals surface area contributed by atoms with Crippen molar-refractivity contribution in [2.75, 3.05) is 52.9 Å². The number of nitrogens with zero attached hydrogens (tertiary/aromatic N) is 3. The van der Waals surface area contributed by atoms with Crippen molar-refractivity contribution in [3.8, 4) is 0 Å². The van der Waals surface area contributed by atoms with E-state index in [1.165, 1.54) is 70.9 Å². The second-order valence-corrected chi connectivity index (χ2v) is 9.91. The van der Waals surface area contributed by atoms with Gasteiger partial charge in [0.25, 0.3) is 0 Å². The molecule has 0 bridgehead atoms. The topological polar surface area (TPSA) is 86.0 Å². The summed E-state index contributed by atoms with van der Waals surface area (Å²) in [7, 11) is 1.88. The Balaban J connectivity index is 0.00000363. The molecule has 2 saturated heterocycles. The molecule has 0 aromatic carbocycles. The molecule has 2 aliphatic heterocycles. The zero-order chi connectivity index (χ0) is 21.9. The minimum absolute atomic E-state index is 0. The SMILES string of the molecule is CN=C(NCCCCN1CCC(C(N)=O)CC1)NCC1(N2CCCCC2)CCCCC1.I. The molecular formula is C24H47IN6O. The van der Waals surface area contributed by atoms with Crippen molar-refractivity contribution in [2.45, 2.75) is 82.6 Å². The third kappa shape index (κ3) is 8.31. The fourth-order valence-corrected chi connectivity index (χ4v) is 5.76. The van der Waals surface area contributed by atoms with Crippen molar-refractivity contribution in [3.05, 3.63) is 0 Å². The first-order valence-electron chi connectivity index (χ1n) is 12.8. The lowest BCUT2D eigenvalue weighted by atomic mass is 9.79. The minimum Gasteiger partial charge on any atom is -0.369 e. The molecule has 32 heavy (non-hydrogen) atoms. The van der Waals surface area contributed by atoms with Gasteiger partial charge in [-0.2, -0.15) is 0 Å². The number of hydrogen-bond acceptors (Lipinski definition) is 4. The van der Waals surface area contributed by atoms with Gasteiger partial charge in [-0.15, -0.1) is 24.0 Å². The van der Waals surface area contributed by atoms with Gasteiger partial charge in [-0.3, -0.25) is 14.7 Å².